The molecule has 3 amide bonds. The van der Waals surface area contributed by atoms with Crippen LogP contribution in [0.3, 0.4) is 0 Å². The normalized spacial score (nSPS) is 11.0. The van der Waals surface area contributed by atoms with Crippen LogP contribution in [0.2, 0.25) is 0 Å². The standard InChI is InChI=1S/C32H33N5O4/c1-20-9-15-27(22(3)25(20)19-41-28-8-6-7-26-31(28)36-21(2)17-34-26)37(5)30(39)18-35-29(38)16-12-23-10-13-24(14-11-23)32(40)33-4/h6-17H,18-19H2,1-5H3,(H,33,40)(H,35,38)/b16-12+. The van der Waals surface area contributed by atoms with Crippen molar-refractivity contribution in [3.63, 3.8) is 0 Å². The topological polar surface area (TPSA) is 114 Å². The molecule has 1 aromatic heterocycles. The number of hydrogen-bond acceptors (Lipinski definition) is 6. The van der Waals surface area contributed by atoms with Crippen LogP contribution in [0.15, 0.2) is 66.9 Å². The molecule has 0 unspecified atom stereocenters. The molecular formula is C32H33N5O4. The van der Waals surface area contributed by atoms with Crippen LogP contribution < -0.4 is 20.3 Å². The number of carbonyl (C=O) groups is 3. The lowest BCUT2D eigenvalue weighted by atomic mass is 10.0. The van der Waals surface area contributed by atoms with Crippen LogP contribution in [0.4, 0.5) is 5.69 Å². The molecular weight excluding hydrogens is 518 g/mol. The molecule has 210 valence electrons. The van der Waals surface area contributed by atoms with E-state index in [1.165, 1.54) is 11.0 Å². The van der Waals surface area contributed by atoms with E-state index in [0.29, 0.717) is 23.4 Å². The maximum Gasteiger partial charge on any atom is 0.251 e. The van der Waals surface area contributed by atoms with Crippen LogP contribution in [0.25, 0.3) is 17.1 Å². The molecule has 3 aromatic carbocycles. The summed E-state index contributed by atoms with van der Waals surface area (Å²) in [7, 11) is 3.25. The van der Waals surface area contributed by atoms with E-state index in [0.717, 1.165) is 39.2 Å². The molecule has 0 radical (unpaired) electrons. The highest BCUT2D eigenvalue weighted by Gasteiger charge is 2.17. The Labute approximate surface area is 239 Å². The number of nitrogens with one attached hydrogen (secondary N) is 2. The molecule has 0 saturated carbocycles. The Morgan fingerprint density at radius 3 is 2.49 bits per heavy atom. The van der Waals surface area contributed by atoms with E-state index in [1.54, 1.807) is 50.6 Å². The van der Waals surface area contributed by atoms with Crippen molar-refractivity contribution in [1.29, 1.82) is 0 Å². The van der Waals surface area contributed by atoms with Crippen LogP contribution in [0, 0.1) is 20.8 Å². The second kappa shape index (κ2) is 12.9. The molecule has 0 aliphatic carbocycles. The molecule has 0 aliphatic heterocycles. The van der Waals surface area contributed by atoms with Gasteiger partial charge in [-0.05, 0) is 79.4 Å². The number of fused-ring (bicyclic) bond motifs is 1. The SMILES string of the molecule is CNC(=O)c1ccc(/C=C/C(=O)NCC(=O)N(C)c2ccc(C)c(COc3cccc4ncc(C)nc34)c2C)cc1. The van der Waals surface area contributed by atoms with Crippen LogP contribution in [0.5, 0.6) is 5.75 Å². The largest absolute Gasteiger partial charge is 0.487 e. The third-order valence-corrected chi connectivity index (χ3v) is 6.81. The van der Waals surface area contributed by atoms with Crippen LogP contribution in [-0.4, -0.2) is 48.3 Å². The van der Waals surface area contributed by atoms with Gasteiger partial charge >= 0.3 is 0 Å². The van der Waals surface area contributed by atoms with E-state index < -0.39 is 5.91 Å². The summed E-state index contributed by atoms with van der Waals surface area (Å²) in [5.41, 5.74) is 7.21. The van der Waals surface area contributed by atoms with Gasteiger partial charge in [-0.2, -0.15) is 0 Å². The zero-order chi connectivity index (χ0) is 29.5. The zero-order valence-corrected chi connectivity index (χ0v) is 23.8. The van der Waals surface area contributed by atoms with Gasteiger partial charge in [-0.15, -0.1) is 0 Å². The molecule has 0 spiro atoms. The number of para-hydroxylation sites is 1. The predicted molar refractivity (Wildman–Crippen MR) is 160 cm³/mol. The third kappa shape index (κ3) is 6.94. The fourth-order valence-electron chi connectivity index (χ4n) is 4.36. The first-order valence-corrected chi connectivity index (χ1v) is 13.2. The van der Waals surface area contributed by atoms with Gasteiger partial charge in [0, 0.05) is 37.6 Å². The van der Waals surface area contributed by atoms with Gasteiger partial charge in [0.2, 0.25) is 11.8 Å². The Hall–Kier alpha value is -5.05. The lowest BCUT2D eigenvalue weighted by molar-refractivity contribution is -0.122. The van der Waals surface area contributed by atoms with Gasteiger partial charge in [0.05, 0.1) is 17.8 Å². The molecule has 9 heteroatoms. The number of anilines is 1. The van der Waals surface area contributed by atoms with Crippen LogP contribution in [0.1, 0.15) is 38.3 Å². The highest BCUT2D eigenvalue weighted by Crippen LogP contribution is 2.28. The van der Waals surface area contributed by atoms with Crippen molar-refractivity contribution in [2.75, 3.05) is 25.5 Å². The van der Waals surface area contributed by atoms with E-state index >= 15 is 0 Å². The molecule has 9 nitrogen and oxygen atoms in total. The van der Waals surface area contributed by atoms with E-state index in [-0.39, 0.29) is 18.4 Å². The Morgan fingerprint density at radius 1 is 1.00 bits per heavy atom. The van der Waals surface area contributed by atoms with Crippen LogP contribution in [-0.2, 0) is 16.2 Å². The Kier molecular flexibility index (Phi) is 9.08. The van der Waals surface area contributed by atoms with Crippen molar-refractivity contribution in [1.82, 2.24) is 20.6 Å². The molecule has 0 atom stereocenters. The predicted octanol–water partition coefficient (Wildman–Crippen LogP) is 4.29. The number of amides is 3. The van der Waals surface area contributed by atoms with E-state index in [4.69, 9.17) is 4.74 Å². The fraction of sp³-hybridized carbons (Fsp3) is 0.219. The van der Waals surface area contributed by atoms with Crippen LogP contribution >= 0.6 is 0 Å². The van der Waals surface area contributed by atoms with Gasteiger partial charge < -0.3 is 20.3 Å². The number of aromatic nitrogens is 2. The van der Waals surface area contributed by atoms with Crippen molar-refractivity contribution in [3.8, 4) is 5.75 Å². The molecule has 0 bridgehead atoms. The minimum Gasteiger partial charge on any atom is -0.487 e. The van der Waals surface area contributed by atoms with Gasteiger partial charge in [0.15, 0.2) is 0 Å². The molecule has 41 heavy (non-hydrogen) atoms. The summed E-state index contributed by atoms with van der Waals surface area (Å²) in [6.07, 6.45) is 4.70. The van der Waals surface area contributed by atoms with Crippen molar-refractivity contribution in [2.45, 2.75) is 27.4 Å². The molecule has 4 rings (SSSR count). The monoisotopic (exact) mass is 551 g/mol. The summed E-state index contributed by atoms with van der Waals surface area (Å²) in [4.78, 5) is 47.5. The number of carbonyl (C=O) groups excluding carboxylic acids is 3. The minimum absolute atomic E-state index is 0.164. The first-order chi connectivity index (χ1) is 19.7. The number of likely N-dealkylation sites (N-methyl/N-ethyl adjacent to an activating group) is 1. The Bertz CT molecular complexity index is 1630. The maximum absolute atomic E-state index is 13.0. The smallest absolute Gasteiger partial charge is 0.251 e. The lowest BCUT2D eigenvalue weighted by Gasteiger charge is -2.23. The second-order valence-electron chi connectivity index (χ2n) is 9.63. The third-order valence-electron chi connectivity index (χ3n) is 6.81. The van der Waals surface area contributed by atoms with Crippen molar-refractivity contribution >= 4 is 40.5 Å². The molecule has 2 N–H and O–H groups in total. The zero-order valence-electron chi connectivity index (χ0n) is 23.8. The Balaban J connectivity index is 1.39. The summed E-state index contributed by atoms with van der Waals surface area (Å²) in [5.74, 6) is -0.199. The minimum atomic E-state index is -0.398. The lowest BCUT2D eigenvalue weighted by Crippen LogP contribution is -2.38. The van der Waals surface area contributed by atoms with Gasteiger partial charge in [0.1, 0.15) is 17.9 Å². The highest BCUT2D eigenvalue weighted by atomic mass is 16.5. The maximum atomic E-state index is 13.0. The van der Waals surface area contributed by atoms with E-state index in [1.807, 2.05) is 51.1 Å². The average Bonchev–Trinajstić information content (AvgIpc) is 2.98. The molecule has 4 aromatic rings. The highest BCUT2D eigenvalue weighted by molar-refractivity contribution is 5.99. The van der Waals surface area contributed by atoms with Gasteiger partial charge in [0.25, 0.3) is 5.91 Å². The summed E-state index contributed by atoms with van der Waals surface area (Å²) >= 11 is 0. The summed E-state index contributed by atoms with van der Waals surface area (Å²) in [6.45, 7) is 5.98. The molecule has 0 fully saturated rings. The number of nitrogens with zero attached hydrogens (tertiary/aromatic N) is 3. The van der Waals surface area contributed by atoms with Gasteiger partial charge in [-0.3, -0.25) is 19.4 Å². The number of hydrogen-bond donors (Lipinski definition) is 2. The first-order valence-electron chi connectivity index (χ1n) is 13.2. The number of rotatable bonds is 9. The van der Waals surface area contributed by atoms with Gasteiger partial charge in [-0.1, -0.05) is 24.3 Å². The molecule has 0 saturated heterocycles. The van der Waals surface area contributed by atoms with E-state index in [2.05, 4.69) is 20.6 Å². The molecule has 1 heterocycles. The Morgan fingerprint density at radius 2 is 1.76 bits per heavy atom. The van der Waals surface area contributed by atoms with Crippen molar-refractivity contribution < 1.29 is 19.1 Å². The number of benzene rings is 3. The summed E-state index contributed by atoms with van der Waals surface area (Å²) in [6, 6.07) is 16.3. The van der Waals surface area contributed by atoms with Crippen molar-refractivity contribution in [3.05, 3.63) is 100 Å². The van der Waals surface area contributed by atoms with E-state index in [9.17, 15) is 14.4 Å². The fourth-order valence-corrected chi connectivity index (χ4v) is 4.36. The molecule has 0 aliphatic rings. The quantitative estimate of drug-likeness (QED) is 0.300. The average molecular weight is 552 g/mol. The summed E-state index contributed by atoms with van der Waals surface area (Å²) in [5, 5.41) is 5.20. The van der Waals surface area contributed by atoms with Gasteiger partial charge in [-0.25, -0.2) is 4.98 Å². The summed E-state index contributed by atoms with van der Waals surface area (Å²) < 4.78 is 6.19. The number of ether oxygens (including phenoxy) is 1. The second-order valence-corrected chi connectivity index (χ2v) is 9.63. The van der Waals surface area contributed by atoms with Crippen molar-refractivity contribution in [2.24, 2.45) is 0 Å². The first kappa shape index (κ1) is 28.9. The number of aryl methyl sites for hydroxylation is 2.